The Labute approximate surface area is 109 Å². The van der Waals surface area contributed by atoms with Gasteiger partial charge in [0.2, 0.25) is 0 Å². The molecule has 1 aromatic carbocycles. The van der Waals surface area contributed by atoms with Gasteiger partial charge in [0.1, 0.15) is 0 Å². The van der Waals surface area contributed by atoms with Crippen LogP contribution in [0.5, 0.6) is 0 Å². The number of hydrogen-bond donors (Lipinski definition) is 1. The average Bonchev–Trinajstić information content (AvgIpc) is 2.70. The first-order valence-corrected chi connectivity index (χ1v) is 6.42. The van der Waals surface area contributed by atoms with E-state index in [9.17, 15) is 0 Å². The summed E-state index contributed by atoms with van der Waals surface area (Å²) in [5.41, 5.74) is 8.51. The van der Waals surface area contributed by atoms with Gasteiger partial charge in [0.15, 0.2) is 0 Å². The molecule has 98 valence electrons. The van der Waals surface area contributed by atoms with Crippen LogP contribution in [0.3, 0.4) is 0 Å². The Hall–Kier alpha value is -1.35. The first kappa shape index (κ1) is 13.1. The second-order valence-corrected chi connectivity index (χ2v) is 6.25. The Balaban J connectivity index is 2.54. The molecule has 0 radical (unpaired) electrons. The lowest BCUT2D eigenvalue weighted by Gasteiger charge is -2.41. The number of nitrogens with zero attached hydrogens (tertiary/aromatic N) is 2. The van der Waals surface area contributed by atoms with Crippen molar-refractivity contribution in [1.82, 2.24) is 9.78 Å². The summed E-state index contributed by atoms with van der Waals surface area (Å²) in [5.74, 6) is 0. The number of aromatic nitrogens is 2. The summed E-state index contributed by atoms with van der Waals surface area (Å²) in [7, 11) is 1.97. The number of nitrogens with two attached hydrogens (primary N) is 1. The molecular weight excluding hydrogens is 222 g/mol. The van der Waals surface area contributed by atoms with Crippen molar-refractivity contribution in [1.29, 1.82) is 0 Å². The fourth-order valence-corrected chi connectivity index (χ4v) is 2.20. The maximum Gasteiger partial charge on any atom is 0.0679 e. The van der Waals surface area contributed by atoms with Crippen LogP contribution in [-0.4, -0.2) is 16.3 Å². The molecule has 2 N–H and O–H groups in total. The molecule has 0 aliphatic carbocycles. The van der Waals surface area contributed by atoms with E-state index in [-0.39, 0.29) is 10.8 Å². The zero-order valence-electron chi connectivity index (χ0n) is 12.0. The van der Waals surface area contributed by atoms with Gasteiger partial charge in [0.05, 0.1) is 11.7 Å². The Morgan fingerprint density at radius 1 is 1.22 bits per heavy atom. The fourth-order valence-electron chi connectivity index (χ4n) is 2.20. The summed E-state index contributed by atoms with van der Waals surface area (Å²) in [6.45, 7) is 9.64. The van der Waals surface area contributed by atoms with Gasteiger partial charge in [-0.1, -0.05) is 33.8 Å². The number of aryl methyl sites for hydroxylation is 1. The number of benzene rings is 1. The van der Waals surface area contributed by atoms with Crippen LogP contribution in [0.25, 0.3) is 10.9 Å². The Bertz CT molecular complexity index is 564. The largest absolute Gasteiger partial charge is 0.330 e. The summed E-state index contributed by atoms with van der Waals surface area (Å²) >= 11 is 0. The van der Waals surface area contributed by atoms with Gasteiger partial charge in [-0.05, 0) is 35.1 Å². The minimum absolute atomic E-state index is 0.0335. The topological polar surface area (TPSA) is 43.8 Å². The van der Waals surface area contributed by atoms with Crippen LogP contribution in [0.2, 0.25) is 0 Å². The molecule has 0 aliphatic heterocycles. The predicted octanol–water partition coefficient (Wildman–Crippen LogP) is 2.84. The van der Waals surface area contributed by atoms with Crippen LogP contribution >= 0.6 is 0 Å². The lowest BCUT2D eigenvalue weighted by molar-refractivity contribution is 0.207. The number of rotatable bonds is 3. The summed E-state index contributed by atoms with van der Waals surface area (Å²) in [6, 6.07) is 6.58. The van der Waals surface area contributed by atoms with Crippen molar-refractivity contribution in [3.63, 3.8) is 0 Å². The molecule has 2 rings (SSSR count). The van der Waals surface area contributed by atoms with Crippen molar-refractivity contribution in [2.75, 3.05) is 6.54 Å². The SMILES string of the molecule is Cn1ncc2cc(C(C)(C)C(C)(C)CN)ccc21. The van der Waals surface area contributed by atoms with Crippen LogP contribution in [0, 0.1) is 5.41 Å². The van der Waals surface area contributed by atoms with Crippen LogP contribution in [-0.2, 0) is 12.5 Å². The zero-order chi connectivity index (χ0) is 13.6. The van der Waals surface area contributed by atoms with Gasteiger partial charge in [-0.15, -0.1) is 0 Å². The second-order valence-electron chi connectivity index (χ2n) is 6.25. The highest BCUT2D eigenvalue weighted by Gasteiger charge is 2.37. The van der Waals surface area contributed by atoms with Gasteiger partial charge in [-0.3, -0.25) is 4.68 Å². The van der Waals surface area contributed by atoms with E-state index in [1.54, 1.807) is 0 Å². The molecule has 3 nitrogen and oxygen atoms in total. The highest BCUT2D eigenvalue weighted by Crippen LogP contribution is 2.41. The third-order valence-corrected chi connectivity index (χ3v) is 4.67. The van der Waals surface area contributed by atoms with Crippen molar-refractivity contribution < 1.29 is 0 Å². The molecular formula is C15H23N3. The summed E-state index contributed by atoms with van der Waals surface area (Å²) in [6.07, 6.45) is 1.92. The van der Waals surface area contributed by atoms with E-state index in [0.29, 0.717) is 6.54 Å². The standard InChI is InChI=1S/C15H23N3/c1-14(2,10-16)15(3,4)12-6-7-13-11(8-12)9-17-18(13)5/h6-9H,10,16H2,1-5H3. The summed E-state index contributed by atoms with van der Waals surface area (Å²) in [4.78, 5) is 0. The smallest absolute Gasteiger partial charge is 0.0679 e. The van der Waals surface area contributed by atoms with E-state index in [1.165, 1.54) is 16.5 Å². The fraction of sp³-hybridized carbons (Fsp3) is 0.533. The third kappa shape index (κ3) is 1.83. The van der Waals surface area contributed by atoms with Crippen LogP contribution in [0.1, 0.15) is 33.3 Å². The zero-order valence-corrected chi connectivity index (χ0v) is 12.0. The maximum atomic E-state index is 5.93. The van der Waals surface area contributed by atoms with Gasteiger partial charge in [0.25, 0.3) is 0 Å². The van der Waals surface area contributed by atoms with Crippen molar-refractivity contribution >= 4 is 10.9 Å². The van der Waals surface area contributed by atoms with E-state index < -0.39 is 0 Å². The molecule has 1 heterocycles. The first-order chi connectivity index (χ1) is 8.29. The normalized spacial score (nSPS) is 13.2. The van der Waals surface area contributed by atoms with Crippen LogP contribution in [0.15, 0.2) is 24.4 Å². The quantitative estimate of drug-likeness (QED) is 0.903. The Morgan fingerprint density at radius 3 is 2.50 bits per heavy atom. The van der Waals surface area contributed by atoms with Crippen molar-refractivity contribution in [2.45, 2.75) is 33.1 Å². The van der Waals surface area contributed by atoms with E-state index >= 15 is 0 Å². The van der Waals surface area contributed by atoms with Crippen molar-refractivity contribution in [2.24, 2.45) is 18.2 Å². The van der Waals surface area contributed by atoms with Crippen LogP contribution in [0.4, 0.5) is 0 Å². The first-order valence-electron chi connectivity index (χ1n) is 6.42. The van der Waals surface area contributed by atoms with Gasteiger partial charge < -0.3 is 5.73 Å². The van der Waals surface area contributed by atoms with E-state index in [2.05, 4.69) is 51.0 Å². The summed E-state index contributed by atoms with van der Waals surface area (Å²) in [5, 5.41) is 5.48. The average molecular weight is 245 g/mol. The van der Waals surface area contributed by atoms with Crippen molar-refractivity contribution in [3.05, 3.63) is 30.0 Å². The molecule has 0 unspecified atom stereocenters. The van der Waals surface area contributed by atoms with Gasteiger partial charge in [0, 0.05) is 12.4 Å². The lowest BCUT2D eigenvalue weighted by Crippen LogP contribution is -2.42. The van der Waals surface area contributed by atoms with Gasteiger partial charge in [-0.25, -0.2) is 0 Å². The van der Waals surface area contributed by atoms with Crippen LogP contribution < -0.4 is 5.73 Å². The molecule has 3 heteroatoms. The molecule has 0 atom stereocenters. The second kappa shape index (κ2) is 4.09. The molecule has 0 aliphatic rings. The highest BCUT2D eigenvalue weighted by molar-refractivity contribution is 5.79. The molecule has 0 spiro atoms. The van der Waals surface area contributed by atoms with E-state index in [4.69, 9.17) is 5.73 Å². The third-order valence-electron chi connectivity index (χ3n) is 4.67. The number of hydrogen-bond acceptors (Lipinski definition) is 2. The Morgan fingerprint density at radius 2 is 1.89 bits per heavy atom. The monoisotopic (exact) mass is 245 g/mol. The minimum Gasteiger partial charge on any atom is -0.330 e. The molecule has 0 saturated heterocycles. The molecule has 0 bridgehead atoms. The van der Waals surface area contributed by atoms with E-state index in [0.717, 1.165) is 0 Å². The van der Waals surface area contributed by atoms with E-state index in [1.807, 2.05) is 17.9 Å². The summed E-state index contributed by atoms with van der Waals surface area (Å²) < 4.78 is 1.90. The molecule has 18 heavy (non-hydrogen) atoms. The van der Waals surface area contributed by atoms with Gasteiger partial charge in [-0.2, -0.15) is 5.10 Å². The number of fused-ring (bicyclic) bond motifs is 1. The molecule has 0 fully saturated rings. The van der Waals surface area contributed by atoms with Crippen molar-refractivity contribution in [3.8, 4) is 0 Å². The lowest BCUT2D eigenvalue weighted by atomic mass is 9.64. The maximum absolute atomic E-state index is 5.93. The Kier molecular flexibility index (Phi) is 2.98. The predicted molar refractivity (Wildman–Crippen MR) is 76.6 cm³/mol. The molecule has 0 amide bonds. The molecule has 2 aromatic rings. The minimum atomic E-state index is 0.0335. The molecule has 0 saturated carbocycles. The highest BCUT2D eigenvalue weighted by atomic mass is 15.2. The molecule has 1 aromatic heterocycles. The van der Waals surface area contributed by atoms with Gasteiger partial charge >= 0.3 is 0 Å².